The smallest absolute Gasteiger partial charge is 0.381 e. The Morgan fingerprint density at radius 3 is 2.47 bits per heavy atom. The number of carbonyl (C=O) groups is 2. The Balaban J connectivity index is 4.14. The Kier molecular flexibility index (Phi) is 7.32. The lowest BCUT2D eigenvalue weighted by molar-refractivity contribution is -0.509. The summed E-state index contributed by atoms with van der Waals surface area (Å²) in [5, 5.41) is 10.6. The highest BCUT2D eigenvalue weighted by atomic mass is 16.6. The fraction of sp³-hybridized carbons (Fsp3) is 0.600. The van der Waals surface area contributed by atoms with Gasteiger partial charge in [-0.3, -0.25) is 14.9 Å². The van der Waals surface area contributed by atoms with Crippen LogP contribution in [0.25, 0.3) is 0 Å². The van der Waals surface area contributed by atoms with E-state index < -0.39 is 22.9 Å². The van der Waals surface area contributed by atoms with Crippen molar-refractivity contribution in [1.29, 1.82) is 0 Å². The minimum atomic E-state index is -1.41. The Morgan fingerprint density at radius 2 is 2.00 bits per heavy atom. The highest BCUT2D eigenvalue weighted by molar-refractivity contribution is 5.74. The zero-order valence-electron chi connectivity index (χ0n) is 9.75. The Hall–Kier alpha value is -1.92. The second-order valence-electron chi connectivity index (χ2n) is 3.06. The summed E-state index contributed by atoms with van der Waals surface area (Å²) < 4.78 is 9.14. The topological polar surface area (TPSA) is 95.7 Å². The zero-order valence-corrected chi connectivity index (χ0v) is 9.75. The molecule has 0 N–H and O–H groups in total. The number of hydrogen-bond donors (Lipinski definition) is 0. The van der Waals surface area contributed by atoms with Crippen LogP contribution in [0, 0.1) is 10.1 Å². The summed E-state index contributed by atoms with van der Waals surface area (Å²) in [6.45, 7) is 2.96. The molecule has 0 radical (unpaired) electrons. The molecule has 0 saturated heterocycles. The number of carbonyl (C=O) groups excluding carboxylic acids is 2. The van der Waals surface area contributed by atoms with Crippen LogP contribution in [-0.2, 0) is 19.1 Å². The zero-order chi connectivity index (χ0) is 13.3. The van der Waals surface area contributed by atoms with Crippen LogP contribution in [0.2, 0.25) is 0 Å². The molecule has 0 aliphatic rings. The van der Waals surface area contributed by atoms with Gasteiger partial charge in [-0.05, 0) is 6.92 Å². The third-order valence-corrected chi connectivity index (χ3v) is 1.72. The maximum Gasteiger partial charge on any atom is 0.381 e. The van der Waals surface area contributed by atoms with E-state index in [4.69, 9.17) is 0 Å². The molecule has 0 aliphatic heterocycles. The summed E-state index contributed by atoms with van der Waals surface area (Å²) in [5.74, 6) is -1.31. The van der Waals surface area contributed by atoms with E-state index in [0.29, 0.717) is 0 Å². The quantitative estimate of drug-likeness (QED) is 0.283. The van der Waals surface area contributed by atoms with Gasteiger partial charge in [0.15, 0.2) is 0 Å². The molecule has 0 fully saturated rings. The van der Waals surface area contributed by atoms with Crippen molar-refractivity contribution in [2.75, 3.05) is 13.2 Å². The van der Waals surface area contributed by atoms with E-state index in [0.717, 1.165) is 0 Å². The monoisotopic (exact) mass is 245 g/mol. The first-order valence-electron chi connectivity index (χ1n) is 5.07. The minimum absolute atomic E-state index is 0.0304. The second-order valence-corrected chi connectivity index (χ2v) is 3.06. The average molecular weight is 245 g/mol. The average Bonchev–Trinajstić information content (AvgIpc) is 2.22. The second kappa shape index (κ2) is 8.26. The molecule has 1 atom stereocenters. The fourth-order valence-corrected chi connectivity index (χ4v) is 0.965. The number of esters is 2. The van der Waals surface area contributed by atoms with Crippen LogP contribution >= 0.6 is 0 Å². The highest BCUT2D eigenvalue weighted by Gasteiger charge is 2.29. The Morgan fingerprint density at radius 1 is 1.35 bits per heavy atom. The van der Waals surface area contributed by atoms with E-state index in [1.165, 1.54) is 19.1 Å². The molecule has 0 spiro atoms. The van der Waals surface area contributed by atoms with Crippen LogP contribution in [0.3, 0.4) is 0 Å². The van der Waals surface area contributed by atoms with Gasteiger partial charge in [-0.2, -0.15) is 0 Å². The van der Waals surface area contributed by atoms with Gasteiger partial charge >= 0.3 is 18.0 Å². The predicted molar refractivity (Wildman–Crippen MR) is 57.8 cm³/mol. The molecule has 0 aromatic rings. The van der Waals surface area contributed by atoms with Crippen molar-refractivity contribution in [2.45, 2.75) is 26.3 Å². The maximum absolute atomic E-state index is 11.2. The molecular formula is C10H15NO6. The molecule has 0 aliphatic carbocycles. The molecule has 0 amide bonds. The van der Waals surface area contributed by atoms with Gasteiger partial charge in [-0.25, -0.2) is 4.79 Å². The van der Waals surface area contributed by atoms with E-state index in [-0.39, 0.29) is 19.6 Å². The van der Waals surface area contributed by atoms with Crippen molar-refractivity contribution in [3.63, 3.8) is 0 Å². The SMILES string of the molecule is CCOC(=O)C(C/C=C/COC(C)=O)[N+](=O)[O-]. The molecule has 1 unspecified atom stereocenters. The van der Waals surface area contributed by atoms with Crippen molar-refractivity contribution in [3.05, 3.63) is 22.3 Å². The van der Waals surface area contributed by atoms with Gasteiger partial charge in [0.2, 0.25) is 0 Å². The Bertz CT molecular complexity index is 312. The van der Waals surface area contributed by atoms with Crippen molar-refractivity contribution in [3.8, 4) is 0 Å². The van der Waals surface area contributed by atoms with Crippen molar-refractivity contribution >= 4 is 11.9 Å². The van der Waals surface area contributed by atoms with Crippen LogP contribution in [0.4, 0.5) is 0 Å². The van der Waals surface area contributed by atoms with Gasteiger partial charge in [0.25, 0.3) is 0 Å². The van der Waals surface area contributed by atoms with Crippen molar-refractivity contribution < 1.29 is 24.0 Å². The third kappa shape index (κ3) is 7.04. The molecule has 0 saturated carbocycles. The predicted octanol–water partition coefficient (Wildman–Crippen LogP) is 0.704. The standard InChI is InChI=1S/C10H15NO6/c1-3-16-10(13)9(11(14)15)6-4-5-7-17-8(2)12/h4-5,9H,3,6-7H2,1-2H3/b5-4+. The van der Waals surface area contributed by atoms with E-state index >= 15 is 0 Å². The molecular weight excluding hydrogens is 230 g/mol. The maximum atomic E-state index is 11.2. The van der Waals surface area contributed by atoms with Gasteiger partial charge < -0.3 is 9.47 Å². The van der Waals surface area contributed by atoms with Crippen molar-refractivity contribution in [2.24, 2.45) is 0 Å². The van der Waals surface area contributed by atoms with E-state index in [2.05, 4.69) is 9.47 Å². The summed E-state index contributed by atoms with van der Waals surface area (Å²) in [6, 6.07) is -1.41. The fourth-order valence-electron chi connectivity index (χ4n) is 0.965. The molecule has 0 aromatic heterocycles. The van der Waals surface area contributed by atoms with Gasteiger partial charge in [0.1, 0.15) is 6.61 Å². The van der Waals surface area contributed by atoms with Crippen molar-refractivity contribution in [1.82, 2.24) is 0 Å². The Labute approximate surface area is 98.5 Å². The number of nitro groups is 1. The summed E-state index contributed by atoms with van der Waals surface area (Å²) in [6.07, 6.45) is 2.76. The summed E-state index contributed by atoms with van der Waals surface area (Å²) in [7, 11) is 0. The summed E-state index contributed by atoms with van der Waals surface area (Å²) in [5.41, 5.74) is 0. The number of nitrogens with zero attached hydrogens (tertiary/aromatic N) is 1. The molecule has 96 valence electrons. The first-order valence-corrected chi connectivity index (χ1v) is 5.07. The first-order chi connectivity index (χ1) is 7.99. The van der Waals surface area contributed by atoms with Gasteiger partial charge in [-0.15, -0.1) is 0 Å². The first kappa shape index (κ1) is 15.1. The van der Waals surface area contributed by atoms with Gasteiger partial charge in [0.05, 0.1) is 6.61 Å². The molecule has 0 aromatic carbocycles. The van der Waals surface area contributed by atoms with Gasteiger partial charge in [0, 0.05) is 18.3 Å². The van der Waals surface area contributed by atoms with E-state index in [1.807, 2.05) is 0 Å². The summed E-state index contributed by atoms with van der Waals surface area (Å²) in [4.78, 5) is 31.5. The van der Waals surface area contributed by atoms with E-state index in [1.54, 1.807) is 6.92 Å². The van der Waals surface area contributed by atoms with Crippen LogP contribution in [0.15, 0.2) is 12.2 Å². The molecule has 0 heterocycles. The summed E-state index contributed by atoms with van der Waals surface area (Å²) >= 11 is 0. The molecule has 0 rings (SSSR count). The lowest BCUT2D eigenvalue weighted by atomic mass is 10.2. The van der Waals surface area contributed by atoms with E-state index in [9.17, 15) is 19.7 Å². The molecule has 7 nitrogen and oxygen atoms in total. The normalized spacial score (nSPS) is 12.1. The van der Waals surface area contributed by atoms with Gasteiger partial charge in [-0.1, -0.05) is 12.2 Å². The number of ether oxygens (including phenoxy) is 2. The van der Waals surface area contributed by atoms with Crippen LogP contribution in [0.1, 0.15) is 20.3 Å². The molecule has 7 heteroatoms. The molecule has 0 bridgehead atoms. The largest absolute Gasteiger partial charge is 0.462 e. The van der Waals surface area contributed by atoms with Crippen LogP contribution < -0.4 is 0 Å². The number of rotatable bonds is 7. The lowest BCUT2D eigenvalue weighted by Gasteiger charge is -2.05. The minimum Gasteiger partial charge on any atom is -0.462 e. The number of hydrogen-bond acceptors (Lipinski definition) is 6. The lowest BCUT2D eigenvalue weighted by Crippen LogP contribution is -2.30. The third-order valence-electron chi connectivity index (χ3n) is 1.72. The highest BCUT2D eigenvalue weighted by Crippen LogP contribution is 2.02. The van der Waals surface area contributed by atoms with Crippen LogP contribution in [-0.4, -0.2) is 36.1 Å². The molecule has 17 heavy (non-hydrogen) atoms. The van der Waals surface area contributed by atoms with Crippen LogP contribution in [0.5, 0.6) is 0 Å².